The molecule has 1 saturated heterocycles. The standard InChI is InChI=1S/C15H20N4O.HI/c16-15(18-12-4-2-1-3-5-12)17-9-11-8-14(20)19(10-11)13-6-7-13;/h1-5,11,13H,6-10H2,(H3,16,17,18);1H. The molecule has 1 heterocycles. The van der Waals surface area contributed by atoms with Crippen molar-refractivity contribution in [3.05, 3.63) is 30.3 Å². The minimum atomic E-state index is 0. The zero-order valence-electron chi connectivity index (χ0n) is 11.9. The minimum absolute atomic E-state index is 0. The first-order chi connectivity index (χ1) is 9.72. The highest BCUT2D eigenvalue weighted by Crippen LogP contribution is 2.32. The number of amides is 1. The first-order valence-corrected chi connectivity index (χ1v) is 7.14. The molecule has 2 fully saturated rings. The number of hydrogen-bond donors (Lipinski definition) is 2. The Hall–Kier alpha value is -1.31. The number of anilines is 1. The van der Waals surface area contributed by atoms with Crippen molar-refractivity contribution in [3.63, 3.8) is 0 Å². The predicted molar refractivity (Wildman–Crippen MR) is 94.8 cm³/mol. The van der Waals surface area contributed by atoms with Crippen LogP contribution in [0.1, 0.15) is 19.3 Å². The number of halogens is 1. The van der Waals surface area contributed by atoms with Gasteiger partial charge in [-0.25, -0.2) is 0 Å². The van der Waals surface area contributed by atoms with Gasteiger partial charge in [0.1, 0.15) is 0 Å². The lowest BCUT2D eigenvalue weighted by Crippen LogP contribution is -2.28. The van der Waals surface area contributed by atoms with Gasteiger partial charge < -0.3 is 16.0 Å². The molecule has 1 aliphatic carbocycles. The summed E-state index contributed by atoms with van der Waals surface area (Å²) in [6.45, 7) is 1.45. The Morgan fingerprint density at radius 2 is 2.05 bits per heavy atom. The van der Waals surface area contributed by atoms with E-state index in [1.54, 1.807) is 0 Å². The maximum absolute atomic E-state index is 11.8. The molecule has 1 amide bonds. The Morgan fingerprint density at radius 1 is 1.33 bits per heavy atom. The number of nitrogens with two attached hydrogens (primary N) is 1. The smallest absolute Gasteiger partial charge is 0.223 e. The highest BCUT2D eigenvalue weighted by atomic mass is 127. The molecule has 0 spiro atoms. The summed E-state index contributed by atoms with van der Waals surface area (Å²) in [6.07, 6.45) is 2.94. The molecular weight excluding hydrogens is 379 g/mol. The summed E-state index contributed by atoms with van der Waals surface area (Å²) in [5.41, 5.74) is 6.79. The van der Waals surface area contributed by atoms with Crippen LogP contribution in [-0.4, -0.2) is 35.9 Å². The van der Waals surface area contributed by atoms with Crippen molar-refractivity contribution in [2.75, 3.05) is 18.4 Å². The van der Waals surface area contributed by atoms with Crippen LogP contribution in [0.25, 0.3) is 0 Å². The lowest BCUT2D eigenvalue weighted by molar-refractivity contribution is -0.128. The van der Waals surface area contributed by atoms with Crippen molar-refractivity contribution >= 4 is 41.5 Å². The van der Waals surface area contributed by atoms with Crippen LogP contribution in [0.15, 0.2) is 35.3 Å². The topological polar surface area (TPSA) is 70.7 Å². The number of carbonyl (C=O) groups is 1. The van der Waals surface area contributed by atoms with E-state index in [2.05, 4.69) is 10.3 Å². The SMILES string of the molecule is I.NC(=NCC1CC(=O)N(C2CC2)C1)Nc1ccccc1. The lowest BCUT2D eigenvalue weighted by atomic mass is 10.1. The van der Waals surface area contributed by atoms with E-state index in [1.165, 1.54) is 12.8 Å². The van der Waals surface area contributed by atoms with Crippen LogP contribution in [0, 0.1) is 5.92 Å². The molecule has 1 aromatic rings. The van der Waals surface area contributed by atoms with E-state index in [1.807, 2.05) is 35.2 Å². The van der Waals surface area contributed by atoms with Crippen molar-refractivity contribution in [1.82, 2.24) is 4.90 Å². The number of hydrogen-bond acceptors (Lipinski definition) is 2. The van der Waals surface area contributed by atoms with E-state index in [-0.39, 0.29) is 29.9 Å². The van der Waals surface area contributed by atoms with E-state index in [4.69, 9.17) is 5.73 Å². The summed E-state index contributed by atoms with van der Waals surface area (Å²) in [7, 11) is 0. The van der Waals surface area contributed by atoms with Gasteiger partial charge in [0.25, 0.3) is 0 Å². The molecule has 1 aromatic carbocycles. The Labute approximate surface area is 142 Å². The summed E-state index contributed by atoms with van der Waals surface area (Å²) in [5.74, 6) is 0.995. The van der Waals surface area contributed by atoms with E-state index in [0.29, 0.717) is 30.9 Å². The molecule has 1 aliphatic heterocycles. The fourth-order valence-corrected chi connectivity index (χ4v) is 2.61. The molecule has 3 N–H and O–H groups in total. The van der Waals surface area contributed by atoms with Gasteiger partial charge in [-0.05, 0) is 25.0 Å². The summed E-state index contributed by atoms with van der Waals surface area (Å²) >= 11 is 0. The van der Waals surface area contributed by atoms with E-state index >= 15 is 0 Å². The van der Waals surface area contributed by atoms with Gasteiger partial charge in [0.05, 0.1) is 0 Å². The summed E-state index contributed by atoms with van der Waals surface area (Å²) in [5, 5.41) is 3.05. The second kappa shape index (κ2) is 7.11. The number of likely N-dealkylation sites (tertiary alicyclic amines) is 1. The van der Waals surface area contributed by atoms with Gasteiger partial charge in [0.15, 0.2) is 5.96 Å². The van der Waals surface area contributed by atoms with Gasteiger partial charge in [-0.2, -0.15) is 0 Å². The molecule has 114 valence electrons. The second-order valence-corrected chi connectivity index (χ2v) is 5.56. The van der Waals surface area contributed by atoms with Crippen molar-refractivity contribution in [2.24, 2.45) is 16.6 Å². The van der Waals surface area contributed by atoms with Crippen LogP contribution >= 0.6 is 24.0 Å². The maximum atomic E-state index is 11.8. The Kier molecular flexibility index (Phi) is 5.44. The third-order valence-electron chi connectivity index (χ3n) is 3.79. The zero-order chi connectivity index (χ0) is 13.9. The van der Waals surface area contributed by atoms with Crippen molar-refractivity contribution < 1.29 is 4.79 Å². The molecule has 21 heavy (non-hydrogen) atoms. The van der Waals surface area contributed by atoms with Crippen LogP contribution in [0.5, 0.6) is 0 Å². The lowest BCUT2D eigenvalue weighted by Gasteiger charge is -2.14. The summed E-state index contributed by atoms with van der Waals surface area (Å²) < 4.78 is 0. The van der Waals surface area contributed by atoms with Gasteiger partial charge >= 0.3 is 0 Å². The fraction of sp³-hybridized carbons (Fsp3) is 0.467. The van der Waals surface area contributed by atoms with E-state index in [0.717, 1.165) is 12.2 Å². The summed E-state index contributed by atoms with van der Waals surface area (Å²) in [6, 6.07) is 10.2. The average molecular weight is 400 g/mol. The number of guanidine groups is 1. The zero-order valence-corrected chi connectivity index (χ0v) is 14.2. The molecular formula is C15H21IN4O. The van der Waals surface area contributed by atoms with E-state index in [9.17, 15) is 4.79 Å². The number of rotatable bonds is 4. The Balaban J connectivity index is 0.00000161. The number of nitrogens with one attached hydrogen (secondary N) is 1. The van der Waals surface area contributed by atoms with Crippen LogP contribution < -0.4 is 11.1 Å². The third kappa shape index (κ3) is 4.33. The molecule has 0 aromatic heterocycles. The second-order valence-electron chi connectivity index (χ2n) is 5.56. The number of benzene rings is 1. The maximum Gasteiger partial charge on any atom is 0.223 e. The van der Waals surface area contributed by atoms with Crippen LogP contribution in [0.4, 0.5) is 5.69 Å². The molecule has 5 nitrogen and oxygen atoms in total. The molecule has 3 rings (SSSR count). The monoisotopic (exact) mass is 400 g/mol. The fourth-order valence-electron chi connectivity index (χ4n) is 2.61. The minimum Gasteiger partial charge on any atom is -0.370 e. The first-order valence-electron chi connectivity index (χ1n) is 7.14. The highest BCUT2D eigenvalue weighted by molar-refractivity contribution is 14.0. The summed E-state index contributed by atoms with van der Waals surface area (Å²) in [4.78, 5) is 18.2. The quantitative estimate of drug-likeness (QED) is 0.462. The molecule has 1 atom stereocenters. The van der Waals surface area contributed by atoms with E-state index < -0.39 is 0 Å². The Morgan fingerprint density at radius 3 is 2.71 bits per heavy atom. The number of aliphatic imine (C=N–C) groups is 1. The predicted octanol–water partition coefficient (Wildman–Crippen LogP) is 2.04. The van der Waals surface area contributed by atoms with Gasteiger partial charge in [-0.15, -0.1) is 24.0 Å². The van der Waals surface area contributed by atoms with Gasteiger partial charge in [-0.3, -0.25) is 9.79 Å². The normalized spacial score (nSPS) is 22.1. The number of nitrogens with zero attached hydrogens (tertiary/aromatic N) is 2. The molecule has 2 aliphatic rings. The molecule has 6 heteroatoms. The first kappa shape index (κ1) is 16.1. The third-order valence-corrected chi connectivity index (χ3v) is 3.79. The highest BCUT2D eigenvalue weighted by Gasteiger charge is 2.38. The van der Waals surface area contributed by atoms with Crippen LogP contribution in [-0.2, 0) is 4.79 Å². The largest absolute Gasteiger partial charge is 0.370 e. The molecule has 0 bridgehead atoms. The number of para-hydroxylation sites is 1. The van der Waals surface area contributed by atoms with Gasteiger partial charge in [-0.1, -0.05) is 18.2 Å². The molecule has 1 unspecified atom stereocenters. The van der Waals surface area contributed by atoms with Crippen molar-refractivity contribution in [2.45, 2.75) is 25.3 Å². The van der Waals surface area contributed by atoms with Gasteiger partial charge in [0.2, 0.25) is 5.91 Å². The Bertz CT molecular complexity index is 516. The molecule has 0 radical (unpaired) electrons. The molecule has 1 saturated carbocycles. The average Bonchev–Trinajstić information content (AvgIpc) is 3.21. The van der Waals surface area contributed by atoms with Crippen LogP contribution in [0.2, 0.25) is 0 Å². The van der Waals surface area contributed by atoms with Gasteiger partial charge in [0, 0.05) is 37.2 Å². The van der Waals surface area contributed by atoms with Crippen LogP contribution in [0.3, 0.4) is 0 Å². The number of carbonyl (C=O) groups excluding carboxylic acids is 1. The van der Waals surface area contributed by atoms with Crippen molar-refractivity contribution in [3.8, 4) is 0 Å². The van der Waals surface area contributed by atoms with Crippen molar-refractivity contribution in [1.29, 1.82) is 0 Å².